The Balaban J connectivity index is 1.83. The van der Waals surface area contributed by atoms with Crippen LogP contribution in [0.5, 0.6) is 0 Å². The fraction of sp³-hybridized carbons (Fsp3) is 0.261. The van der Waals surface area contributed by atoms with E-state index in [0.717, 1.165) is 22.4 Å². The van der Waals surface area contributed by atoms with Crippen LogP contribution in [0.1, 0.15) is 22.8 Å². The van der Waals surface area contributed by atoms with Crippen LogP contribution in [0.4, 0.5) is 10.7 Å². The molecular formula is C23H26N3O3S+. The van der Waals surface area contributed by atoms with Crippen LogP contribution in [0.2, 0.25) is 0 Å². The van der Waals surface area contributed by atoms with Crippen molar-refractivity contribution in [3.8, 4) is 11.1 Å². The number of carbonyl (C=O) groups is 2. The van der Waals surface area contributed by atoms with Crippen molar-refractivity contribution in [2.75, 3.05) is 30.9 Å². The first-order chi connectivity index (χ1) is 14.4. The molecule has 0 saturated carbocycles. The van der Waals surface area contributed by atoms with Crippen LogP contribution in [0, 0.1) is 6.92 Å². The number of carbonyl (C=O) groups excluding carboxylic acids is 2. The van der Waals surface area contributed by atoms with E-state index in [1.807, 2.05) is 80.1 Å². The molecule has 7 heteroatoms. The minimum absolute atomic E-state index is 0.147. The Morgan fingerprint density at radius 2 is 1.77 bits per heavy atom. The predicted molar refractivity (Wildman–Crippen MR) is 120 cm³/mol. The van der Waals surface area contributed by atoms with Crippen molar-refractivity contribution in [3.05, 3.63) is 65.3 Å². The molecule has 0 spiro atoms. The highest BCUT2D eigenvalue weighted by Gasteiger charge is 2.23. The van der Waals surface area contributed by atoms with Crippen LogP contribution in [-0.2, 0) is 16.1 Å². The second kappa shape index (κ2) is 9.54. The van der Waals surface area contributed by atoms with Gasteiger partial charge < -0.3 is 15.0 Å². The molecule has 3 rings (SSSR count). The van der Waals surface area contributed by atoms with Gasteiger partial charge in [-0.2, -0.15) is 4.57 Å². The summed E-state index contributed by atoms with van der Waals surface area (Å²) in [5, 5.41) is 5.26. The van der Waals surface area contributed by atoms with Gasteiger partial charge in [0.1, 0.15) is 10.6 Å². The smallest absolute Gasteiger partial charge is 0.341 e. The third-order valence-corrected chi connectivity index (χ3v) is 5.50. The third-order valence-electron chi connectivity index (χ3n) is 4.60. The van der Waals surface area contributed by atoms with Crippen LogP contribution in [0.15, 0.2) is 54.2 Å². The molecule has 6 nitrogen and oxygen atoms in total. The number of nitrogens with zero attached hydrogens (tertiary/aromatic N) is 2. The molecule has 1 N–H and O–H groups in total. The van der Waals surface area contributed by atoms with Gasteiger partial charge in [0.2, 0.25) is 6.54 Å². The van der Waals surface area contributed by atoms with Crippen molar-refractivity contribution < 1.29 is 18.9 Å². The second-order valence-corrected chi connectivity index (χ2v) is 7.99. The third kappa shape index (κ3) is 5.04. The number of anilines is 2. The minimum atomic E-state index is -0.437. The zero-order valence-electron chi connectivity index (χ0n) is 17.6. The predicted octanol–water partition coefficient (Wildman–Crippen LogP) is 3.89. The van der Waals surface area contributed by atoms with E-state index in [4.69, 9.17) is 4.74 Å². The van der Waals surface area contributed by atoms with Gasteiger partial charge in [0.05, 0.1) is 6.61 Å². The zero-order chi connectivity index (χ0) is 21.7. The summed E-state index contributed by atoms with van der Waals surface area (Å²) in [7, 11) is 3.93. The lowest BCUT2D eigenvalue weighted by Gasteiger charge is -2.10. The second-order valence-electron chi connectivity index (χ2n) is 7.11. The standard InChI is InChI=1S/C23H25N3O3S/c1-5-29-23(28)21-19(17-8-6-16(2)7-9-17)15-30-22(21)24-20(27)14-26-12-10-18(11-13-26)25(3)4/h6-13,15H,5,14H2,1-4H3/p+1. The molecule has 0 bridgehead atoms. The molecule has 30 heavy (non-hydrogen) atoms. The molecule has 0 atom stereocenters. The molecular weight excluding hydrogens is 398 g/mol. The molecule has 0 unspecified atom stereocenters. The van der Waals surface area contributed by atoms with E-state index in [-0.39, 0.29) is 19.1 Å². The highest BCUT2D eigenvalue weighted by Crippen LogP contribution is 2.36. The Labute approximate surface area is 180 Å². The number of thiophene rings is 1. The van der Waals surface area contributed by atoms with Crippen LogP contribution < -0.4 is 14.8 Å². The largest absolute Gasteiger partial charge is 0.462 e. The summed E-state index contributed by atoms with van der Waals surface area (Å²) in [6, 6.07) is 11.8. The SMILES string of the molecule is CCOC(=O)c1c(-c2ccc(C)cc2)csc1NC(=O)C[n+]1ccc(N(C)C)cc1. The number of aromatic nitrogens is 1. The number of esters is 1. The van der Waals surface area contributed by atoms with Gasteiger partial charge in [-0.15, -0.1) is 11.3 Å². The van der Waals surface area contributed by atoms with Gasteiger partial charge in [-0.05, 0) is 19.4 Å². The van der Waals surface area contributed by atoms with Crippen molar-refractivity contribution in [2.24, 2.45) is 0 Å². The molecule has 0 saturated heterocycles. The number of nitrogens with one attached hydrogen (secondary N) is 1. The van der Waals surface area contributed by atoms with Gasteiger partial charge in [-0.3, -0.25) is 4.79 Å². The first kappa shape index (κ1) is 21.5. The Morgan fingerprint density at radius 3 is 2.37 bits per heavy atom. The summed E-state index contributed by atoms with van der Waals surface area (Å²) in [5.74, 6) is -0.645. The summed E-state index contributed by atoms with van der Waals surface area (Å²) in [5.41, 5.74) is 4.26. The van der Waals surface area contributed by atoms with Crippen molar-refractivity contribution in [1.82, 2.24) is 0 Å². The zero-order valence-corrected chi connectivity index (χ0v) is 18.5. The molecule has 2 heterocycles. The lowest BCUT2D eigenvalue weighted by atomic mass is 10.0. The first-order valence-electron chi connectivity index (χ1n) is 9.71. The number of pyridine rings is 1. The molecule has 0 aliphatic heterocycles. The van der Waals surface area contributed by atoms with Crippen LogP contribution in [-0.4, -0.2) is 32.6 Å². The van der Waals surface area contributed by atoms with Gasteiger partial charge in [0, 0.05) is 42.9 Å². The van der Waals surface area contributed by atoms with Gasteiger partial charge >= 0.3 is 5.97 Å². The van der Waals surface area contributed by atoms with Crippen molar-refractivity contribution in [2.45, 2.75) is 20.4 Å². The highest BCUT2D eigenvalue weighted by molar-refractivity contribution is 7.15. The molecule has 0 fully saturated rings. The van der Waals surface area contributed by atoms with E-state index in [0.29, 0.717) is 10.6 Å². The quantitative estimate of drug-likeness (QED) is 0.462. The number of ether oxygens (including phenoxy) is 1. The molecule has 2 aromatic heterocycles. The van der Waals surface area contributed by atoms with E-state index in [2.05, 4.69) is 5.32 Å². The monoisotopic (exact) mass is 424 g/mol. The average Bonchev–Trinajstić information content (AvgIpc) is 3.12. The lowest BCUT2D eigenvalue weighted by molar-refractivity contribution is -0.684. The van der Waals surface area contributed by atoms with Gasteiger partial charge in [0.15, 0.2) is 12.4 Å². The minimum Gasteiger partial charge on any atom is -0.462 e. The van der Waals surface area contributed by atoms with E-state index < -0.39 is 5.97 Å². The number of amides is 1. The normalized spacial score (nSPS) is 10.5. The van der Waals surface area contributed by atoms with Crippen LogP contribution >= 0.6 is 11.3 Å². The maximum Gasteiger partial charge on any atom is 0.341 e. The highest BCUT2D eigenvalue weighted by atomic mass is 32.1. The molecule has 1 aromatic carbocycles. The summed E-state index contributed by atoms with van der Waals surface area (Å²) in [6.07, 6.45) is 3.71. The summed E-state index contributed by atoms with van der Waals surface area (Å²) in [6.45, 7) is 4.19. The first-order valence-corrected chi connectivity index (χ1v) is 10.6. The maximum atomic E-state index is 12.7. The van der Waals surface area contributed by atoms with E-state index in [9.17, 15) is 9.59 Å². The van der Waals surface area contributed by atoms with Crippen LogP contribution in [0.25, 0.3) is 11.1 Å². The topological polar surface area (TPSA) is 62.5 Å². The summed E-state index contributed by atoms with van der Waals surface area (Å²) in [4.78, 5) is 27.3. The molecule has 0 aliphatic rings. The van der Waals surface area contributed by atoms with Crippen molar-refractivity contribution in [3.63, 3.8) is 0 Å². The Kier molecular flexibility index (Phi) is 6.84. The Morgan fingerprint density at radius 1 is 1.10 bits per heavy atom. The average molecular weight is 425 g/mol. The van der Waals surface area contributed by atoms with Gasteiger partial charge in [0.25, 0.3) is 5.91 Å². The Bertz CT molecular complexity index is 1020. The summed E-state index contributed by atoms with van der Waals surface area (Å²) >= 11 is 1.33. The maximum absolute atomic E-state index is 12.7. The Hall–Kier alpha value is -3.19. The van der Waals surface area contributed by atoms with Crippen molar-refractivity contribution >= 4 is 33.9 Å². The van der Waals surface area contributed by atoms with Crippen LogP contribution in [0.3, 0.4) is 0 Å². The lowest BCUT2D eigenvalue weighted by Crippen LogP contribution is -2.39. The number of hydrogen-bond acceptors (Lipinski definition) is 5. The van der Waals surface area contributed by atoms with Gasteiger partial charge in [-0.1, -0.05) is 29.8 Å². The molecule has 156 valence electrons. The molecule has 3 aromatic rings. The number of aryl methyl sites for hydroxylation is 1. The number of rotatable bonds is 7. The molecule has 0 radical (unpaired) electrons. The fourth-order valence-corrected chi connectivity index (χ4v) is 3.96. The fourth-order valence-electron chi connectivity index (χ4n) is 2.99. The van der Waals surface area contributed by atoms with Gasteiger partial charge in [-0.25, -0.2) is 4.79 Å². The van der Waals surface area contributed by atoms with E-state index in [1.54, 1.807) is 11.5 Å². The molecule has 0 aliphatic carbocycles. The van der Waals surface area contributed by atoms with Crippen molar-refractivity contribution in [1.29, 1.82) is 0 Å². The number of hydrogen-bond donors (Lipinski definition) is 1. The van der Waals surface area contributed by atoms with E-state index in [1.165, 1.54) is 11.3 Å². The van der Waals surface area contributed by atoms with E-state index >= 15 is 0 Å². The number of benzene rings is 1. The summed E-state index contributed by atoms with van der Waals surface area (Å²) < 4.78 is 7.05. The molecule has 1 amide bonds.